The molecule has 0 amide bonds. The van der Waals surface area contributed by atoms with Crippen LogP contribution in [0.1, 0.15) is 29.5 Å². The van der Waals surface area contributed by atoms with Crippen molar-refractivity contribution < 1.29 is 14.6 Å². The van der Waals surface area contributed by atoms with Crippen molar-refractivity contribution in [3.05, 3.63) is 28.8 Å². The Labute approximate surface area is 101 Å². The van der Waals surface area contributed by atoms with Gasteiger partial charge < -0.3 is 9.84 Å². The van der Waals surface area contributed by atoms with Crippen molar-refractivity contribution in [2.75, 3.05) is 0 Å². The molecule has 1 unspecified atom stereocenters. The van der Waals surface area contributed by atoms with Gasteiger partial charge in [0, 0.05) is 5.92 Å². The summed E-state index contributed by atoms with van der Waals surface area (Å²) in [5.74, 6) is 0.0422. The highest BCUT2D eigenvalue weighted by Crippen LogP contribution is 2.36. The van der Waals surface area contributed by atoms with Crippen LogP contribution in [0.2, 0.25) is 0 Å². The summed E-state index contributed by atoms with van der Waals surface area (Å²) < 4.78 is 5.69. The first kappa shape index (κ1) is 12.0. The first-order valence-electron chi connectivity index (χ1n) is 5.96. The highest BCUT2D eigenvalue weighted by Gasteiger charge is 2.38. The van der Waals surface area contributed by atoms with Crippen molar-refractivity contribution in [2.24, 2.45) is 5.92 Å². The van der Waals surface area contributed by atoms with Crippen LogP contribution in [0.5, 0.6) is 5.75 Å². The molecule has 1 N–H and O–H groups in total. The van der Waals surface area contributed by atoms with Crippen molar-refractivity contribution in [3.63, 3.8) is 0 Å². The fourth-order valence-electron chi connectivity index (χ4n) is 2.01. The fraction of sp³-hybridized carbons (Fsp3) is 0.500. The average Bonchev–Trinajstić information content (AvgIpc) is 3.04. The zero-order chi connectivity index (χ0) is 12.6. The minimum absolute atomic E-state index is 0.188. The molecule has 0 spiro atoms. The minimum atomic E-state index is -0.856. The number of rotatable bonds is 4. The van der Waals surface area contributed by atoms with Crippen LogP contribution >= 0.6 is 0 Å². The normalized spacial score (nSPS) is 16.6. The third-order valence-electron chi connectivity index (χ3n) is 3.31. The summed E-state index contributed by atoms with van der Waals surface area (Å²) in [6.45, 7) is 5.98. The number of carboxylic acid groups (broad SMARTS) is 1. The Morgan fingerprint density at radius 2 is 2.00 bits per heavy atom. The second-order valence-corrected chi connectivity index (χ2v) is 4.92. The number of aryl methyl sites for hydroxylation is 2. The summed E-state index contributed by atoms with van der Waals surface area (Å²) in [6.07, 6.45) is 1.23. The molecular formula is C14H18O3. The lowest BCUT2D eigenvalue weighted by Gasteiger charge is -2.17. The number of benzene rings is 1. The van der Waals surface area contributed by atoms with Crippen molar-refractivity contribution in [1.29, 1.82) is 0 Å². The quantitative estimate of drug-likeness (QED) is 0.871. The highest BCUT2D eigenvalue weighted by molar-refractivity contribution is 5.73. The van der Waals surface area contributed by atoms with Crippen LogP contribution in [-0.2, 0) is 4.79 Å². The predicted molar refractivity (Wildman–Crippen MR) is 65.4 cm³/mol. The summed E-state index contributed by atoms with van der Waals surface area (Å²) in [5.41, 5.74) is 3.27. The molecular weight excluding hydrogens is 216 g/mol. The predicted octanol–water partition coefficient (Wildman–Crippen LogP) is 2.85. The average molecular weight is 234 g/mol. The molecule has 0 saturated heterocycles. The Hall–Kier alpha value is -1.51. The molecule has 92 valence electrons. The third kappa shape index (κ3) is 2.60. The Balaban J connectivity index is 2.25. The molecule has 1 aromatic rings. The van der Waals surface area contributed by atoms with Crippen LogP contribution in [-0.4, -0.2) is 17.2 Å². The summed E-state index contributed by atoms with van der Waals surface area (Å²) in [4.78, 5) is 11.1. The Bertz CT molecular complexity index is 447. The van der Waals surface area contributed by atoms with Crippen LogP contribution in [0.15, 0.2) is 12.1 Å². The maximum absolute atomic E-state index is 11.1. The summed E-state index contributed by atoms with van der Waals surface area (Å²) in [7, 11) is 0. The van der Waals surface area contributed by atoms with Crippen LogP contribution in [0.4, 0.5) is 0 Å². The lowest BCUT2D eigenvalue weighted by molar-refractivity contribution is -0.146. The zero-order valence-corrected chi connectivity index (χ0v) is 10.5. The Kier molecular flexibility index (Phi) is 3.09. The molecule has 1 aliphatic rings. The number of ether oxygens (including phenoxy) is 1. The van der Waals surface area contributed by atoms with Gasteiger partial charge in [-0.3, -0.25) is 0 Å². The molecule has 0 aliphatic heterocycles. The molecule has 3 nitrogen and oxygen atoms in total. The van der Waals surface area contributed by atoms with Gasteiger partial charge >= 0.3 is 5.97 Å². The minimum Gasteiger partial charge on any atom is -0.478 e. The largest absolute Gasteiger partial charge is 0.478 e. The molecule has 0 bridgehead atoms. The lowest BCUT2D eigenvalue weighted by atomic mass is 10.1. The van der Waals surface area contributed by atoms with Gasteiger partial charge in [-0.1, -0.05) is 6.07 Å². The Morgan fingerprint density at radius 3 is 2.53 bits per heavy atom. The van der Waals surface area contributed by atoms with E-state index >= 15 is 0 Å². The number of carbonyl (C=O) groups is 1. The van der Waals surface area contributed by atoms with Gasteiger partial charge in [0.25, 0.3) is 0 Å². The van der Waals surface area contributed by atoms with E-state index in [2.05, 4.69) is 6.07 Å². The van der Waals surface area contributed by atoms with Gasteiger partial charge in [-0.15, -0.1) is 0 Å². The van der Waals surface area contributed by atoms with Gasteiger partial charge in [-0.05, 0) is 56.4 Å². The number of carboxylic acids is 1. The van der Waals surface area contributed by atoms with Crippen LogP contribution in [0.25, 0.3) is 0 Å². The first-order chi connectivity index (χ1) is 7.99. The molecule has 1 aliphatic carbocycles. The first-order valence-corrected chi connectivity index (χ1v) is 5.96. The van der Waals surface area contributed by atoms with Gasteiger partial charge in [0.1, 0.15) is 5.75 Å². The second kappa shape index (κ2) is 4.40. The van der Waals surface area contributed by atoms with Gasteiger partial charge in [-0.25, -0.2) is 4.79 Å². The van der Waals surface area contributed by atoms with E-state index in [4.69, 9.17) is 9.84 Å². The van der Waals surface area contributed by atoms with Gasteiger partial charge in [-0.2, -0.15) is 0 Å². The fourth-order valence-corrected chi connectivity index (χ4v) is 2.01. The summed E-state index contributed by atoms with van der Waals surface area (Å²) in [6, 6.07) is 4.00. The monoisotopic (exact) mass is 234 g/mol. The van der Waals surface area contributed by atoms with Gasteiger partial charge in [0.2, 0.25) is 0 Å². The molecule has 2 rings (SSSR count). The van der Waals surface area contributed by atoms with Crippen molar-refractivity contribution in [3.8, 4) is 5.75 Å². The van der Waals surface area contributed by atoms with Crippen molar-refractivity contribution in [1.82, 2.24) is 0 Å². The highest BCUT2D eigenvalue weighted by atomic mass is 16.5. The SMILES string of the molecule is Cc1cc(C)c(C)c(OC(C(=O)O)C2CC2)c1. The van der Waals surface area contributed by atoms with Crippen molar-refractivity contribution >= 4 is 5.97 Å². The summed E-state index contributed by atoms with van der Waals surface area (Å²) in [5, 5.41) is 9.15. The molecule has 3 heteroatoms. The molecule has 0 aromatic heterocycles. The van der Waals surface area contributed by atoms with Gasteiger partial charge in [0.15, 0.2) is 6.10 Å². The van der Waals surface area contributed by atoms with Crippen LogP contribution < -0.4 is 4.74 Å². The van der Waals surface area contributed by atoms with E-state index in [0.29, 0.717) is 5.75 Å². The summed E-state index contributed by atoms with van der Waals surface area (Å²) >= 11 is 0. The van der Waals surface area contributed by atoms with E-state index < -0.39 is 12.1 Å². The Morgan fingerprint density at radius 1 is 1.35 bits per heavy atom. The smallest absolute Gasteiger partial charge is 0.345 e. The molecule has 17 heavy (non-hydrogen) atoms. The van der Waals surface area contributed by atoms with E-state index in [1.165, 1.54) is 0 Å². The van der Waals surface area contributed by atoms with Gasteiger partial charge in [0.05, 0.1) is 0 Å². The maximum atomic E-state index is 11.1. The van der Waals surface area contributed by atoms with E-state index in [0.717, 1.165) is 29.5 Å². The van der Waals surface area contributed by atoms with E-state index in [1.807, 2.05) is 26.8 Å². The number of hydrogen-bond acceptors (Lipinski definition) is 2. The molecule has 1 aromatic carbocycles. The van der Waals surface area contributed by atoms with E-state index in [1.54, 1.807) is 0 Å². The standard InChI is InChI=1S/C14H18O3/c1-8-6-9(2)10(3)12(7-8)17-13(14(15)16)11-4-5-11/h6-7,11,13H,4-5H2,1-3H3,(H,15,16). The van der Waals surface area contributed by atoms with Crippen molar-refractivity contribution in [2.45, 2.75) is 39.7 Å². The number of hydrogen-bond donors (Lipinski definition) is 1. The molecule has 0 heterocycles. The van der Waals surface area contributed by atoms with Crippen LogP contribution in [0, 0.1) is 26.7 Å². The zero-order valence-electron chi connectivity index (χ0n) is 10.5. The second-order valence-electron chi connectivity index (χ2n) is 4.92. The molecule has 1 saturated carbocycles. The lowest BCUT2D eigenvalue weighted by Crippen LogP contribution is -2.29. The maximum Gasteiger partial charge on any atom is 0.345 e. The molecule has 0 radical (unpaired) electrons. The van der Waals surface area contributed by atoms with E-state index in [-0.39, 0.29) is 5.92 Å². The van der Waals surface area contributed by atoms with Crippen LogP contribution in [0.3, 0.4) is 0 Å². The number of aliphatic carboxylic acids is 1. The molecule has 1 atom stereocenters. The van der Waals surface area contributed by atoms with E-state index in [9.17, 15) is 4.79 Å². The topological polar surface area (TPSA) is 46.5 Å². The third-order valence-corrected chi connectivity index (χ3v) is 3.31. The molecule has 1 fully saturated rings.